The zero-order valence-electron chi connectivity index (χ0n) is 15.2. The second-order valence-electron chi connectivity index (χ2n) is 6.47. The number of hydrogen-bond donors (Lipinski definition) is 1. The number of fused-ring (bicyclic) bond motifs is 3. The molecule has 0 heterocycles. The Hall–Kier alpha value is -0.827. The van der Waals surface area contributed by atoms with Gasteiger partial charge in [0.25, 0.3) is 0 Å². The summed E-state index contributed by atoms with van der Waals surface area (Å²) in [5, 5.41) is 9.20. The molecule has 140 valence electrons. The number of allylic oxidation sites excluding steroid dienone is 4. The number of aliphatic hydroxyl groups excluding tert-OH is 1. The minimum absolute atomic E-state index is 0. The van der Waals surface area contributed by atoms with Crippen molar-refractivity contribution in [1.82, 2.24) is 0 Å². The molecule has 2 aromatic rings. The van der Waals surface area contributed by atoms with Gasteiger partial charge in [0.05, 0.1) is 0 Å². The summed E-state index contributed by atoms with van der Waals surface area (Å²) < 4.78 is 9.21. The first-order valence-electron chi connectivity index (χ1n) is 8.80. The maximum absolute atomic E-state index is 9.20. The van der Waals surface area contributed by atoms with Gasteiger partial charge in [-0.15, -0.1) is 0 Å². The van der Waals surface area contributed by atoms with Gasteiger partial charge in [0.2, 0.25) is 0 Å². The molecule has 27 heavy (non-hydrogen) atoms. The SMILES string of the molecule is C/[C](OCCO)=[Zr+2](\[C]1=CC=CC1)[CH]1c2ccccc2-c2ccccc21.[Cl-].[Cl-]. The van der Waals surface area contributed by atoms with E-state index < -0.39 is 21.3 Å². The number of benzene rings is 2. The van der Waals surface area contributed by atoms with Crippen LogP contribution in [-0.2, 0) is 26.0 Å². The summed E-state index contributed by atoms with van der Waals surface area (Å²) in [4.78, 5) is 0. The molecule has 0 bridgehead atoms. The zero-order chi connectivity index (χ0) is 17.2. The Bertz CT molecular complexity index is 857. The normalized spacial score (nSPS) is 14.6. The smallest absolute Gasteiger partial charge is 1.00 e. The molecule has 0 unspecified atom stereocenters. The van der Waals surface area contributed by atoms with Gasteiger partial charge in [-0.25, -0.2) is 0 Å². The number of ether oxygens (including phenoxy) is 1. The van der Waals surface area contributed by atoms with Gasteiger partial charge in [-0.05, 0) is 0 Å². The number of halogens is 2. The average molecular weight is 481 g/mol. The van der Waals surface area contributed by atoms with Crippen molar-refractivity contribution >= 4 is 3.39 Å². The summed E-state index contributed by atoms with van der Waals surface area (Å²) >= 11 is -2.28. The Morgan fingerprint density at radius 1 is 1.04 bits per heavy atom. The minimum atomic E-state index is -2.28. The molecule has 2 nitrogen and oxygen atoms in total. The van der Waals surface area contributed by atoms with Crippen molar-refractivity contribution in [3.05, 3.63) is 81.2 Å². The number of hydrogen-bond acceptors (Lipinski definition) is 2. The number of rotatable bonds is 5. The van der Waals surface area contributed by atoms with E-state index >= 15 is 0 Å². The molecule has 0 spiro atoms. The fourth-order valence-electron chi connectivity index (χ4n) is 4.00. The summed E-state index contributed by atoms with van der Waals surface area (Å²) in [7, 11) is 0. The summed E-state index contributed by atoms with van der Waals surface area (Å²) in [5.74, 6) is 0. The predicted molar refractivity (Wildman–Crippen MR) is 99.3 cm³/mol. The molecule has 4 rings (SSSR count). The molecule has 2 aliphatic rings. The van der Waals surface area contributed by atoms with Crippen molar-refractivity contribution in [2.75, 3.05) is 13.2 Å². The van der Waals surface area contributed by atoms with Crippen LogP contribution >= 0.6 is 0 Å². The third-order valence-electron chi connectivity index (χ3n) is 5.03. The van der Waals surface area contributed by atoms with E-state index in [9.17, 15) is 5.11 Å². The Kier molecular flexibility index (Phi) is 8.40. The molecule has 0 atom stereocenters. The molecule has 0 radical (unpaired) electrons. The predicted octanol–water partition coefficient (Wildman–Crippen LogP) is -1.61. The van der Waals surface area contributed by atoms with E-state index in [2.05, 4.69) is 73.7 Å². The van der Waals surface area contributed by atoms with Crippen molar-refractivity contribution in [1.29, 1.82) is 0 Å². The van der Waals surface area contributed by atoms with Crippen LogP contribution in [0.25, 0.3) is 11.1 Å². The molecule has 0 aliphatic heterocycles. The van der Waals surface area contributed by atoms with Gasteiger partial charge >= 0.3 is 157 Å². The topological polar surface area (TPSA) is 29.5 Å². The molecule has 0 aromatic heterocycles. The van der Waals surface area contributed by atoms with Crippen molar-refractivity contribution in [2.45, 2.75) is 17.0 Å². The van der Waals surface area contributed by atoms with Gasteiger partial charge in [-0.1, -0.05) is 0 Å². The van der Waals surface area contributed by atoms with Crippen molar-refractivity contribution in [3.63, 3.8) is 0 Å². The van der Waals surface area contributed by atoms with Crippen LogP contribution in [0, 0.1) is 0 Å². The first-order valence-corrected chi connectivity index (χ1v) is 12.7. The van der Waals surface area contributed by atoms with Crippen LogP contribution in [0.15, 0.2) is 70.0 Å². The fourth-order valence-corrected chi connectivity index (χ4v) is 11.9. The Morgan fingerprint density at radius 3 is 2.15 bits per heavy atom. The van der Waals surface area contributed by atoms with Crippen LogP contribution in [0.3, 0.4) is 0 Å². The molecule has 1 N–H and O–H groups in total. The first-order chi connectivity index (χ1) is 12.3. The summed E-state index contributed by atoms with van der Waals surface area (Å²) in [6.45, 7) is 2.61. The van der Waals surface area contributed by atoms with E-state index in [0.717, 1.165) is 6.42 Å². The Balaban J connectivity index is 0.00000131. The van der Waals surface area contributed by atoms with Gasteiger partial charge in [0.1, 0.15) is 0 Å². The third kappa shape index (κ3) is 4.28. The largest absolute Gasteiger partial charge is 1.00 e. The molecule has 0 saturated heterocycles. The van der Waals surface area contributed by atoms with Crippen LogP contribution in [0.2, 0.25) is 0 Å². The molecule has 5 heteroatoms. The van der Waals surface area contributed by atoms with Gasteiger partial charge in [0.15, 0.2) is 0 Å². The van der Waals surface area contributed by atoms with E-state index in [0.29, 0.717) is 10.2 Å². The van der Waals surface area contributed by atoms with E-state index in [1.54, 1.807) is 3.28 Å². The Morgan fingerprint density at radius 2 is 1.63 bits per heavy atom. The van der Waals surface area contributed by atoms with E-state index in [-0.39, 0.29) is 31.4 Å². The molecule has 0 fully saturated rings. The molecule has 2 aromatic carbocycles. The summed E-state index contributed by atoms with van der Waals surface area (Å²) in [5.41, 5.74) is 5.67. The van der Waals surface area contributed by atoms with Gasteiger partial charge in [-0.2, -0.15) is 0 Å². The number of aliphatic hydroxyl groups is 1. The van der Waals surface area contributed by atoms with Crippen LogP contribution in [0.4, 0.5) is 0 Å². The van der Waals surface area contributed by atoms with Crippen molar-refractivity contribution < 1.29 is 55.9 Å². The summed E-state index contributed by atoms with van der Waals surface area (Å²) in [6, 6.07) is 17.7. The van der Waals surface area contributed by atoms with E-state index in [1.165, 1.54) is 25.6 Å². The molecule has 0 amide bonds. The molecule has 2 aliphatic carbocycles. The van der Waals surface area contributed by atoms with Crippen LogP contribution in [0.5, 0.6) is 0 Å². The second kappa shape index (κ2) is 10.1. The van der Waals surface area contributed by atoms with Gasteiger partial charge < -0.3 is 24.8 Å². The molecular formula is C22H22Cl2O2Zr. The third-order valence-corrected chi connectivity index (χ3v) is 12.8. The van der Waals surface area contributed by atoms with Gasteiger partial charge in [-0.3, -0.25) is 0 Å². The quantitative estimate of drug-likeness (QED) is 0.558. The fraction of sp³-hybridized carbons (Fsp3) is 0.227. The monoisotopic (exact) mass is 478 g/mol. The van der Waals surface area contributed by atoms with Crippen molar-refractivity contribution in [2.24, 2.45) is 0 Å². The van der Waals surface area contributed by atoms with Crippen LogP contribution < -0.4 is 24.8 Å². The standard InChI is InChI=1S/C13H9.C5H5.C4H8O2.2ClH.Zr/c1-3-7-12-10(5-1)9-11-6-2-4-8-13(11)12;1-2-4-5-3-1;1-2-6-4-3-5;;;/h1-9H;1-3H,4H2;5H,3-4H2,1H3;2*1H;/q;;;;;+2/p-2. The van der Waals surface area contributed by atoms with Gasteiger partial charge in [0, 0.05) is 0 Å². The molecule has 0 saturated carbocycles. The maximum atomic E-state index is 9.20. The summed E-state index contributed by atoms with van der Waals surface area (Å²) in [6.07, 6.45) is 7.80. The van der Waals surface area contributed by atoms with E-state index in [4.69, 9.17) is 4.74 Å². The maximum Gasteiger partial charge on any atom is -1.00 e. The average Bonchev–Trinajstić information content (AvgIpc) is 3.28. The van der Waals surface area contributed by atoms with Crippen LogP contribution in [0.1, 0.15) is 28.1 Å². The molecular weight excluding hydrogens is 458 g/mol. The van der Waals surface area contributed by atoms with Crippen LogP contribution in [-0.4, -0.2) is 21.7 Å². The minimum Gasteiger partial charge on any atom is -1.00 e. The Labute approximate surface area is 180 Å². The van der Waals surface area contributed by atoms with E-state index in [1.807, 2.05) is 0 Å². The second-order valence-corrected chi connectivity index (χ2v) is 13.2. The zero-order valence-corrected chi connectivity index (χ0v) is 19.1. The first kappa shape index (κ1) is 22.5. The van der Waals surface area contributed by atoms with Crippen molar-refractivity contribution in [3.8, 4) is 11.1 Å².